The van der Waals surface area contributed by atoms with Crippen LogP contribution in [0.15, 0.2) is 24.4 Å². The van der Waals surface area contributed by atoms with E-state index in [0.717, 1.165) is 18.4 Å². The predicted octanol–water partition coefficient (Wildman–Crippen LogP) is 2.27. The van der Waals surface area contributed by atoms with Gasteiger partial charge in [0.15, 0.2) is 0 Å². The average molecular weight is 242 g/mol. The van der Waals surface area contributed by atoms with Crippen LogP contribution in [0, 0.1) is 0 Å². The zero-order valence-electron chi connectivity index (χ0n) is 10.2. The lowest BCUT2D eigenvalue weighted by Crippen LogP contribution is -2.01. The summed E-state index contributed by atoms with van der Waals surface area (Å²) in [6.07, 6.45) is 4.82. The fourth-order valence-electron chi connectivity index (χ4n) is 2.66. The van der Waals surface area contributed by atoms with Crippen molar-refractivity contribution in [1.29, 1.82) is 0 Å². The molecule has 0 aliphatic heterocycles. The minimum absolute atomic E-state index is 0.260. The minimum Gasteiger partial charge on any atom is -0.478 e. The van der Waals surface area contributed by atoms with Crippen LogP contribution in [0.25, 0.3) is 11.3 Å². The summed E-state index contributed by atoms with van der Waals surface area (Å²) in [6, 6.07) is 6.20. The molecule has 1 aliphatic carbocycles. The Morgan fingerprint density at radius 3 is 2.89 bits per heavy atom. The van der Waals surface area contributed by atoms with Crippen LogP contribution in [0.1, 0.15) is 27.9 Å². The molecular formula is C14H14N2O2. The number of hydrogen-bond acceptors (Lipinski definition) is 2. The van der Waals surface area contributed by atoms with Crippen molar-refractivity contribution in [2.24, 2.45) is 7.05 Å². The summed E-state index contributed by atoms with van der Waals surface area (Å²) in [7, 11) is 1.77. The van der Waals surface area contributed by atoms with Gasteiger partial charge in [-0.05, 0) is 36.5 Å². The van der Waals surface area contributed by atoms with E-state index in [2.05, 4.69) is 17.2 Å². The molecule has 3 rings (SSSR count). The lowest BCUT2D eigenvalue weighted by Gasteiger charge is -2.07. The second-order valence-electron chi connectivity index (χ2n) is 4.67. The second-order valence-corrected chi connectivity index (χ2v) is 4.67. The van der Waals surface area contributed by atoms with E-state index in [1.807, 2.05) is 6.07 Å². The number of nitrogens with zero attached hydrogens (tertiary/aromatic N) is 2. The van der Waals surface area contributed by atoms with Crippen LogP contribution >= 0.6 is 0 Å². The third kappa shape index (κ3) is 1.61. The summed E-state index contributed by atoms with van der Waals surface area (Å²) in [5, 5.41) is 13.2. The first-order valence-corrected chi connectivity index (χ1v) is 6.04. The van der Waals surface area contributed by atoms with Crippen LogP contribution < -0.4 is 0 Å². The Morgan fingerprint density at radius 2 is 2.11 bits per heavy atom. The maximum Gasteiger partial charge on any atom is 0.339 e. The molecule has 0 unspecified atom stereocenters. The Balaban J connectivity index is 2.15. The van der Waals surface area contributed by atoms with E-state index in [1.54, 1.807) is 11.7 Å². The summed E-state index contributed by atoms with van der Waals surface area (Å²) in [5.41, 5.74) is 4.60. The van der Waals surface area contributed by atoms with Crippen molar-refractivity contribution < 1.29 is 9.90 Å². The van der Waals surface area contributed by atoms with Gasteiger partial charge in [-0.2, -0.15) is 5.10 Å². The lowest BCUT2D eigenvalue weighted by molar-refractivity contribution is 0.0697. The number of aromatic carboxylic acids is 1. The van der Waals surface area contributed by atoms with E-state index >= 15 is 0 Å². The molecule has 4 heteroatoms. The van der Waals surface area contributed by atoms with Crippen molar-refractivity contribution in [3.8, 4) is 11.3 Å². The van der Waals surface area contributed by atoms with E-state index in [-0.39, 0.29) is 5.56 Å². The van der Waals surface area contributed by atoms with Crippen molar-refractivity contribution in [3.63, 3.8) is 0 Å². The Bertz CT molecular complexity index is 629. The zero-order chi connectivity index (χ0) is 12.7. The van der Waals surface area contributed by atoms with E-state index in [4.69, 9.17) is 0 Å². The molecule has 1 N–H and O–H groups in total. The molecule has 1 aliphatic rings. The van der Waals surface area contributed by atoms with Gasteiger partial charge < -0.3 is 5.11 Å². The van der Waals surface area contributed by atoms with Gasteiger partial charge in [0.1, 0.15) is 5.56 Å². The maximum atomic E-state index is 11.2. The molecule has 4 nitrogen and oxygen atoms in total. The molecule has 0 saturated heterocycles. The van der Waals surface area contributed by atoms with E-state index in [0.29, 0.717) is 5.69 Å². The molecule has 0 bridgehead atoms. The van der Waals surface area contributed by atoms with E-state index in [9.17, 15) is 9.90 Å². The highest BCUT2D eigenvalue weighted by atomic mass is 16.4. The minimum atomic E-state index is -0.932. The molecule has 92 valence electrons. The number of benzene rings is 1. The molecule has 2 aromatic rings. The van der Waals surface area contributed by atoms with Crippen molar-refractivity contribution in [2.75, 3.05) is 0 Å². The van der Waals surface area contributed by atoms with Crippen LogP contribution in [0.5, 0.6) is 0 Å². The standard InChI is InChI=1S/C14H14N2O2/c1-16-13(12(8-15-16)14(17)18)11-6-5-9-3-2-4-10(9)7-11/h5-8H,2-4H2,1H3,(H,17,18). The highest BCUT2D eigenvalue weighted by Crippen LogP contribution is 2.29. The summed E-state index contributed by atoms with van der Waals surface area (Å²) in [4.78, 5) is 11.2. The smallest absolute Gasteiger partial charge is 0.339 e. The Hall–Kier alpha value is -2.10. The van der Waals surface area contributed by atoms with Gasteiger partial charge in [0.2, 0.25) is 0 Å². The monoisotopic (exact) mass is 242 g/mol. The van der Waals surface area contributed by atoms with Crippen molar-refractivity contribution in [1.82, 2.24) is 9.78 Å². The van der Waals surface area contributed by atoms with E-state index in [1.165, 1.54) is 23.7 Å². The van der Waals surface area contributed by atoms with Gasteiger partial charge in [-0.15, -0.1) is 0 Å². The molecule has 1 heterocycles. The van der Waals surface area contributed by atoms with E-state index < -0.39 is 5.97 Å². The fraction of sp³-hybridized carbons (Fsp3) is 0.286. The Kier molecular flexibility index (Phi) is 2.44. The number of hydrogen-bond donors (Lipinski definition) is 1. The summed E-state index contributed by atoms with van der Waals surface area (Å²) in [5.74, 6) is -0.932. The zero-order valence-corrected chi connectivity index (χ0v) is 10.2. The fourth-order valence-corrected chi connectivity index (χ4v) is 2.66. The van der Waals surface area contributed by atoms with Gasteiger partial charge in [0.25, 0.3) is 0 Å². The summed E-state index contributed by atoms with van der Waals surface area (Å²) >= 11 is 0. The quantitative estimate of drug-likeness (QED) is 0.879. The topological polar surface area (TPSA) is 55.1 Å². The first-order chi connectivity index (χ1) is 8.66. The van der Waals surface area contributed by atoms with Gasteiger partial charge in [-0.1, -0.05) is 12.1 Å². The largest absolute Gasteiger partial charge is 0.478 e. The normalized spacial score (nSPS) is 13.6. The second kappa shape index (κ2) is 3.98. The van der Waals surface area contributed by atoms with Gasteiger partial charge in [-0.3, -0.25) is 4.68 Å². The van der Waals surface area contributed by atoms with Gasteiger partial charge in [0, 0.05) is 12.6 Å². The number of carbonyl (C=O) groups is 1. The van der Waals surface area contributed by atoms with Crippen LogP contribution in [0.3, 0.4) is 0 Å². The van der Waals surface area contributed by atoms with Crippen molar-refractivity contribution >= 4 is 5.97 Å². The molecule has 0 spiro atoms. The van der Waals surface area contributed by atoms with Crippen LogP contribution in [0.2, 0.25) is 0 Å². The molecule has 0 radical (unpaired) electrons. The van der Waals surface area contributed by atoms with Crippen molar-refractivity contribution in [2.45, 2.75) is 19.3 Å². The van der Waals surface area contributed by atoms with Crippen molar-refractivity contribution in [3.05, 3.63) is 41.1 Å². The summed E-state index contributed by atoms with van der Waals surface area (Å²) < 4.78 is 1.63. The predicted molar refractivity (Wildman–Crippen MR) is 67.6 cm³/mol. The number of aromatic nitrogens is 2. The Labute approximate surface area is 105 Å². The number of carboxylic acid groups (broad SMARTS) is 1. The summed E-state index contributed by atoms with van der Waals surface area (Å²) in [6.45, 7) is 0. The number of aryl methyl sites for hydroxylation is 3. The molecule has 18 heavy (non-hydrogen) atoms. The van der Waals surface area contributed by atoms with Crippen LogP contribution in [-0.2, 0) is 19.9 Å². The lowest BCUT2D eigenvalue weighted by atomic mass is 10.0. The SMILES string of the molecule is Cn1ncc(C(=O)O)c1-c1ccc2c(c1)CCC2. The highest BCUT2D eigenvalue weighted by molar-refractivity contribution is 5.94. The number of fused-ring (bicyclic) bond motifs is 1. The molecular weight excluding hydrogens is 228 g/mol. The maximum absolute atomic E-state index is 11.2. The molecule has 0 amide bonds. The molecule has 0 fully saturated rings. The Morgan fingerprint density at radius 1 is 1.33 bits per heavy atom. The van der Waals surface area contributed by atoms with Crippen LogP contribution in [-0.4, -0.2) is 20.9 Å². The first-order valence-electron chi connectivity index (χ1n) is 6.04. The number of rotatable bonds is 2. The third-order valence-corrected chi connectivity index (χ3v) is 3.54. The third-order valence-electron chi connectivity index (χ3n) is 3.54. The molecule has 1 aromatic heterocycles. The number of carboxylic acids is 1. The van der Waals surface area contributed by atoms with Gasteiger partial charge >= 0.3 is 5.97 Å². The van der Waals surface area contributed by atoms with Crippen LogP contribution in [0.4, 0.5) is 0 Å². The molecule has 0 saturated carbocycles. The van der Waals surface area contributed by atoms with Gasteiger partial charge in [-0.25, -0.2) is 4.79 Å². The molecule has 1 aromatic carbocycles. The highest BCUT2D eigenvalue weighted by Gasteiger charge is 2.18. The molecule has 0 atom stereocenters. The van der Waals surface area contributed by atoms with Gasteiger partial charge in [0.05, 0.1) is 11.9 Å². The average Bonchev–Trinajstić information content (AvgIpc) is 2.93. The first kappa shape index (κ1) is 11.0.